The SMILES string of the molecule is Cc1ccc(NC2CCCN(C(=O)OC(C)(C)C)CC2)c(C)n1. The Morgan fingerprint density at radius 3 is 2.65 bits per heavy atom. The third-order valence-electron chi connectivity index (χ3n) is 3.96. The Bertz CT molecular complexity index is 552. The summed E-state index contributed by atoms with van der Waals surface area (Å²) in [6.07, 6.45) is 2.75. The Labute approximate surface area is 139 Å². The van der Waals surface area contributed by atoms with Crippen LogP contribution >= 0.6 is 0 Å². The van der Waals surface area contributed by atoms with Crippen molar-refractivity contribution < 1.29 is 9.53 Å². The molecule has 5 nitrogen and oxygen atoms in total. The molecule has 1 unspecified atom stereocenters. The number of carbonyl (C=O) groups is 1. The molecule has 1 aromatic rings. The lowest BCUT2D eigenvalue weighted by Crippen LogP contribution is -2.37. The molecular formula is C18H29N3O2. The number of anilines is 1. The first-order chi connectivity index (χ1) is 10.7. The fraction of sp³-hybridized carbons (Fsp3) is 0.667. The number of rotatable bonds is 2. The number of aromatic nitrogens is 1. The van der Waals surface area contributed by atoms with Crippen LogP contribution in [0.2, 0.25) is 0 Å². The Hall–Kier alpha value is -1.78. The van der Waals surface area contributed by atoms with Gasteiger partial charge >= 0.3 is 6.09 Å². The monoisotopic (exact) mass is 319 g/mol. The van der Waals surface area contributed by atoms with Gasteiger partial charge in [-0.05, 0) is 66.0 Å². The topological polar surface area (TPSA) is 54.5 Å². The molecule has 0 bridgehead atoms. The summed E-state index contributed by atoms with van der Waals surface area (Å²) >= 11 is 0. The molecule has 0 aliphatic carbocycles. The molecule has 1 fully saturated rings. The Morgan fingerprint density at radius 2 is 2.00 bits per heavy atom. The van der Waals surface area contributed by atoms with E-state index in [4.69, 9.17) is 4.74 Å². The molecular weight excluding hydrogens is 290 g/mol. The summed E-state index contributed by atoms with van der Waals surface area (Å²) in [5.41, 5.74) is 2.71. The van der Waals surface area contributed by atoms with Gasteiger partial charge in [0.1, 0.15) is 5.60 Å². The average molecular weight is 319 g/mol. The van der Waals surface area contributed by atoms with Crippen LogP contribution in [0, 0.1) is 13.8 Å². The maximum absolute atomic E-state index is 12.2. The standard InChI is InChI=1S/C18H29N3O2/c1-13-8-9-16(14(2)19-13)20-15-7-6-11-21(12-10-15)17(22)23-18(3,4)5/h8-9,15,20H,6-7,10-12H2,1-5H3. The maximum atomic E-state index is 12.2. The van der Waals surface area contributed by atoms with E-state index in [0.717, 1.165) is 49.4 Å². The number of amides is 1. The first-order valence-electron chi connectivity index (χ1n) is 8.43. The summed E-state index contributed by atoms with van der Waals surface area (Å²) in [4.78, 5) is 18.5. The quantitative estimate of drug-likeness (QED) is 0.898. The minimum atomic E-state index is -0.439. The number of hydrogen-bond acceptors (Lipinski definition) is 4. The summed E-state index contributed by atoms with van der Waals surface area (Å²) < 4.78 is 5.48. The number of likely N-dealkylation sites (tertiary alicyclic amines) is 1. The van der Waals surface area contributed by atoms with Crippen molar-refractivity contribution >= 4 is 11.8 Å². The zero-order valence-electron chi connectivity index (χ0n) is 15.0. The van der Waals surface area contributed by atoms with Crippen molar-refractivity contribution in [1.82, 2.24) is 9.88 Å². The molecule has 1 saturated heterocycles. The van der Waals surface area contributed by atoms with Crippen molar-refractivity contribution in [1.29, 1.82) is 0 Å². The van der Waals surface area contributed by atoms with Gasteiger partial charge in [0.15, 0.2) is 0 Å². The van der Waals surface area contributed by atoms with Crippen LogP contribution in [0.1, 0.15) is 51.4 Å². The van der Waals surface area contributed by atoms with Crippen LogP contribution in [0.4, 0.5) is 10.5 Å². The summed E-state index contributed by atoms with van der Waals surface area (Å²) in [7, 11) is 0. The van der Waals surface area contributed by atoms with Gasteiger partial charge < -0.3 is 15.0 Å². The van der Waals surface area contributed by atoms with E-state index in [9.17, 15) is 4.79 Å². The summed E-state index contributed by atoms with van der Waals surface area (Å²) in [5, 5.41) is 3.58. The third kappa shape index (κ3) is 5.41. The lowest BCUT2D eigenvalue weighted by Gasteiger charge is -2.26. The van der Waals surface area contributed by atoms with Crippen molar-refractivity contribution in [3.05, 3.63) is 23.5 Å². The van der Waals surface area contributed by atoms with Gasteiger partial charge in [-0.1, -0.05) is 0 Å². The lowest BCUT2D eigenvalue weighted by atomic mass is 10.1. The van der Waals surface area contributed by atoms with Crippen molar-refractivity contribution in [2.45, 2.75) is 65.5 Å². The third-order valence-corrected chi connectivity index (χ3v) is 3.96. The van der Waals surface area contributed by atoms with E-state index in [1.165, 1.54) is 0 Å². The zero-order chi connectivity index (χ0) is 17.0. The normalized spacial score (nSPS) is 19.2. The maximum Gasteiger partial charge on any atom is 0.410 e. The summed E-state index contributed by atoms with van der Waals surface area (Å²) in [6.45, 7) is 11.2. The molecule has 0 spiro atoms. The van der Waals surface area contributed by atoms with Crippen molar-refractivity contribution in [2.75, 3.05) is 18.4 Å². The summed E-state index contributed by atoms with van der Waals surface area (Å²) in [6, 6.07) is 4.48. The molecule has 1 aliphatic rings. The Morgan fingerprint density at radius 1 is 1.26 bits per heavy atom. The Balaban J connectivity index is 1.92. The van der Waals surface area contributed by atoms with E-state index >= 15 is 0 Å². The van der Waals surface area contributed by atoms with Gasteiger partial charge in [-0.3, -0.25) is 4.98 Å². The number of hydrogen-bond donors (Lipinski definition) is 1. The Kier molecular flexibility index (Phi) is 5.50. The van der Waals surface area contributed by atoms with Gasteiger partial charge in [-0.15, -0.1) is 0 Å². The summed E-state index contributed by atoms with van der Waals surface area (Å²) in [5.74, 6) is 0. The fourth-order valence-corrected chi connectivity index (χ4v) is 2.81. The second-order valence-corrected chi connectivity index (χ2v) is 7.33. The molecule has 0 saturated carbocycles. The average Bonchev–Trinajstić information content (AvgIpc) is 2.66. The van der Waals surface area contributed by atoms with E-state index in [2.05, 4.69) is 16.4 Å². The molecule has 5 heteroatoms. The highest BCUT2D eigenvalue weighted by atomic mass is 16.6. The van der Waals surface area contributed by atoms with Crippen LogP contribution in [0.25, 0.3) is 0 Å². The first kappa shape index (κ1) is 17.6. The number of nitrogens with zero attached hydrogens (tertiary/aromatic N) is 2. The van der Waals surface area contributed by atoms with E-state index in [1.54, 1.807) is 0 Å². The van der Waals surface area contributed by atoms with Gasteiger partial charge in [0, 0.05) is 24.8 Å². The molecule has 1 atom stereocenters. The van der Waals surface area contributed by atoms with Crippen LogP contribution in [-0.4, -0.2) is 40.7 Å². The van der Waals surface area contributed by atoms with E-state index < -0.39 is 5.60 Å². The second-order valence-electron chi connectivity index (χ2n) is 7.33. The second kappa shape index (κ2) is 7.20. The van der Waals surface area contributed by atoms with Gasteiger partial charge in [0.2, 0.25) is 0 Å². The number of carbonyl (C=O) groups excluding carboxylic acids is 1. The van der Waals surface area contributed by atoms with E-state index in [-0.39, 0.29) is 6.09 Å². The van der Waals surface area contributed by atoms with Crippen molar-refractivity contribution in [3.63, 3.8) is 0 Å². The number of ether oxygens (including phenoxy) is 1. The molecule has 1 aromatic heterocycles. The molecule has 1 aliphatic heterocycles. The van der Waals surface area contributed by atoms with Gasteiger partial charge in [-0.25, -0.2) is 4.79 Å². The number of pyridine rings is 1. The van der Waals surface area contributed by atoms with E-state index in [0.29, 0.717) is 6.04 Å². The molecule has 0 aromatic carbocycles. The molecule has 1 N–H and O–H groups in total. The minimum absolute atomic E-state index is 0.202. The lowest BCUT2D eigenvalue weighted by molar-refractivity contribution is 0.0256. The van der Waals surface area contributed by atoms with Crippen molar-refractivity contribution in [2.24, 2.45) is 0 Å². The molecule has 1 amide bonds. The number of aryl methyl sites for hydroxylation is 2. The van der Waals surface area contributed by atoms with Crippen LogP contribution in [0.3, 0.4) is 0 Å². The molecule has 2 heterocycles. The number of nitrogens with one attached hydrogen (secondary N) is 1. The smallest absolute Gasteiger partial charge is 0.410 e. The van der Waals surface area contributed by atoms with E-state index in [1.807, 2.05) is 45.6 Å². The van der Waals surface area contributed by atoms with Crippen LogP contribution in [0.5, 0.6) is 0 Å². The highest BCUT2D eigenvalue weighted by Gasteiger charge is 2.25. The minimum Gasteiger partial charge on any atom is -0.444 e. The fourth-order valence-electron chi connectivity index (χ4n) is 2.81. The highest BCUT2D eigenvalue weighted by Crippen LogP contribution is 2.20. The van der Waals surface area contributed by atoms with Crippen molar-refractivity contribution in [3.8, 4) is 0 Å². The van der Waals surface area contributed by atoms with Crippen LogP contribution in [0.15, 0.2) is 12.1 Å². The molecule has 23 heavy (non-hydrogen) atoms. The molecule has 2 rings (SSSR count). The predicted molar refractivity (Wildman–Crippen MR) is 92.8 cm³/mol. The van der Waals surface area contributed by atoms with Crippen LogP contribution < -0.4 is 5.32 Å². The largest absolute Gasteiger partial charge is 0.444 e. The van der Waals surface area contributed by atoms with Crippen LogP contribution in [-0.2, 0) is 4.74 Å². The zero-order valence-corrected chi connectivity index (χ0v) is 15.0. The van der Waals surface area contributed by atoms with Gasteiger partial charge in [-0.2, -0.15) is 0 Å². The highest BCUT2D eigenvalue weighted by molar-refractivity contribution is 5.68. The first-order valence-corrected chi connectivity index (χ1v) is 8.43. The van der Waals surface area contributed by atoms with Gasteiger partial charge in [0.05, 0.1) is 11.4 Å². The molecule has 0 radical (unpaired) electrons. The van der Waals surface area contributed by atoms with Gasteiger partial charge in [0.25, 0.3) is 0 Å². The molecule has 128 valence electrons. The predicted octanol–water partition coefficient (Wildman–Crippen LogP) is 3.90.